The number of aryl methyl sites for hydroxylation is 1. The first-order valence-corrected chi connectivity index (χ1v) is 4.57. The third kappa shape index (κ3) is 1.96. The van der Waals surface area contributed by atoms with Crippen LogP contribution in [0.1, 0.15) is 5.56 Å². The normalized spacial score (nSPS) is 10.3. The topological polar surface area (TPSA) is 33.1 Å². The van der Waals surface area contributed by atoms with Gasteiger partial charge in [0.1, 0.15) is 11.6 Å². The van der Waals surface area contributed by atoms with Crippen LogP contribution in [0.3, 0.4) is 0 Å². The lowest BCUT2D eigenvalue weighted by atomic mass is 10.0. The Labute approximate surface area is 87.0 Å². The van der Waals surface area contributed by atoms with Crippen LogP contribution in [-0.2, 0) is 0 Å². The first kappa shape index (κ1) is 9.65. The van der Waals surface area contributed by atoms with Crippen molar-refractivity contribution in [1.82, 2.24) is 4.98 Å². The fraction of sp³-hybridized carbons (Fsp3) is 0.0833. The quantitative estimate of drug-likeness (QED) is 0.773. The minimum atomic E-state index is -0.451. The predicted molar refractivity (Wildman–Crippen MR) is 56.0 cm³/mol. The zero-order valence-corrected chi connectivity index (χ0v) is 8.24. The van der Waals surface area contributed by atoms with E-state index in [0.29, 0.717) is 5.56 Å². The van der Waals surface area contributed by atoms with Crippen molar-refractivity contribution < 1.29 is 9.50 Å². The van der Waals surface area contributed by atoms with Gasteiger partial charge in [-0.25, -0.2) is 4.39 Å². The Bertz CT molecular complexity index is 476. The van der Waals surface area contributed by atoms with Gasteiger partial charge in [0.15, 0.2) is 0 Å². The summed E-state index contributed by atoms with van der Waals surface area (Å²) in [5.74, 6) is -0.526. The van der Waals surface area contributed by atoms with Crippen LogP contribution in [-0.4, -0.2) is 10.1 Å². The third-order valence-electron chi connectivity index (χ3n) is 2.23. The largest absolute Gasteiger partial charge is 0.508 e. The molecule has 1 N–H and O–H groups in total. The second-order valence-electron chi connectivity index (χ2n) is 3.39. The second-order valence-corrected chi connectivity index (χ2v) is 3.39. The number of aromatic nitrogens is 1. The van der Waals surface area contributed by atoms with Crippen LogP contribution in [0.25, 0.3) is 11.1 Å². The zero-order chi connectivity index (χ0) is 10.8. The lowest BCUT2D eigenvalue weighted by Crippen LogP contribution is -1.86. The molecule has 0 saturated heterocycles. The highest BCUT2D eigenvalue weighted by Crippen LogP contribution is 2.26. The molecule has 2 nitrogen and oxygen atoms in total. The van der Waals surface area contributed by atoms with Crippen molar-refractivity contribution in [3.05, 3.63) is 48.0 Å². The van der Waals surface area contributed by atoms with E-state index in [4.69, 9.17) is 0 Å². The van der Waals surface area contributed by atoms with Crippen LogP contribution in [0.2, 0.25) is 0 Å². The molecular formula is C12H10FNO. The fourth-order valence-electron chi connectivity index (χ4n) is 1.50. The smallest absolute Gasteiger partial charge is 0.127 e. The number of phenolic OH excluding ortho intramolecular Hbond substituents is 1. The van der Waals surface area contributed by atoms with Crippen molar-refractivity contribution in [3.63, 3.8) is 0 Å². The van der Waals surface area contributed by atoms with E-state index < -0.39 is 5.82 Å². The number of aromatic hydroxyl groups is 1. The first-order chi connectivity index (χ1) is 7.16. The summed E-state index contributed by atoms with van der Waals surface area (Å²) in [6.45, 7) is 1.92. The van der Waals surface area contributed by atoms with Gasteiger partial charge in [0.05, 0.1) is 0 Å². The highest BCUT2D eigenvalue weighted by atomic mass is 19.1. The monoisotopic (exact) mass is 203 g/mol. The Morgan fingerprint density at radius 1 is 1.27 bits per heavy atom. The van der Waals surface area contributed by atoms with Crippen LogP contribution < -0.4 is 0 Å². The van der Waals surface area contributed by atoms with Crippen LogP contribution in [0.5, 0.6) is 5.75 Å². The van der Waals surface area contributed by atoms with Gasteiger partial charge in [0.25, 0.3) is 0 Å². The van der Waals surface area contributed by atoms with Gasteiger partial charge >= 0.3 is 0 Å². The molecule has 3 heteroatoms. The molecule has 0 unspecified atom stereocenters. The number of nitrogens with zero attached hydrogens (tertiary/aromatic N) is 1. The summed E-state index contributed by atoms with van der Waals surface area (Å²) in [4.78, 5) is 3.98. The van der Waals surface area contributed by atoms with Gasteiger partial charge in [-0.1, -0.05) is 0 Å². The number of halogens is 1. The van der Waals surface area contributed by atoms with Gasteiger partial charge in [0, 0.05) is 24.0 Å². The highest BCUT2D eigenvalue weighted by molar-refractivity contribution is 5.67. The van der Waals surface area contributed by atoms with E-state index in [0.717, 1.165) is 17.2 Å². The molecule has 0 aliphatic carbocycles. The number of pyridine rings is 1. The molecule has 1 aromatic heterocycles. The molecule has 0 atom stereocenters. The molecule has 2 aromatic rings. The number of benzene rings is 1. The van der Waals surface area contributed by atoms with Crippen LogP contribution in [0.15, 0.2) is 36.7 Å². The van der Waals surface area contributed by atoms with Crippen molar-refractivity contribution in [2.75, 3.05) is 0 Å². The second kappa shape index (κ2) is 3.69. The van der Waals surface area contributed by atoms with E-state index in [1.807, 2.05) is 13.0 Å². The summed E-state index contributed by atoms with van der Waals surface area (Å²) in [6.07, 6.45) is 3.33. The minimum Gasteiger partial charge on any atom is -0.508 e. The summed E-state index contributed by atoms with van der Waals surface area (Å²) in [5, 5.41) is 9.29. The molecule has 15 heavy (non-hydrogen) atoms. The molecule has 0 spiro atoms. The summed E-state index contributed by atoms with van der Waals surface area (Å²) in [5.41, 5.74) is 2.46. The van der Waals surface area contributed by atoms with Crippen LogP contribution in [0, 0.1) is 12.7 Å². The first-order valence-electron chi connectivity index (χ1n) is 4.57. The Morgan fingerprint density at radius 2 is 2.07 bits per heavy atom. The summed E-state index contributed by atoms with van der Waals surface area (Å²) in [6, 6.07) is 5.82. The standard InChI is InChI=1S/C12H10FNO/c1-8-2-3-14-7-12(8)9-4-10(13)6-11(15)5-9/h2-7,15H,1H3. The highest BCUT2D eigenvalue weighted by Gasteiger charge is 2.04. The van der Waals surface area contributed by atoms with Crippen molar-refractivity contribution in [2.45, 2.75) is 6.92 Å². The van der Waals surface area contributed by atoms with E-state index in [2.05, 4.69) is 4.98 Å². The molecular weight excluding hydrogens is 193 g/mol. The Balaban J connectivity index is 2.59. The molecule has 76 valence electrons. The molecule has 0 aliphatic rings. The lowest BCUT2D eigenvalue weighted by molar-refractivity contribution is 0.469. The third-order valence-corrected chi connectivity index (χ3v) is 2.23. The summed E-state index contributed by atoms with van der Waals surface area (Å²) >= 11 is 0. The number of hydrogen-bond acceptors (Lipinski definition) is 2. The van der Waals surface area contributed by atoms with E-state index in [1.165, 1.54) is 12.1 Å². The molecule has 0 amide bonds. The van der Waals surface area contributed by atoms with Gasteiger partial charge in [-0.05, 0) is 36.2 Å². The van der Waals surface area contributed by atoms with Gasteiger partial charge in [-0.2, -0.15) is 0 Å². The maximum Gasteiger partial charge on any atom is 0.127 e. The van der Waals surface area contributed by atoms with Gasteiger partial charge in [0.2, 0.25) is 0 Å². The van der Waals surface area contributed by atoms with Gasteiger partial charge in [-0.3, -0.25) is 4.98 Å². The number of rotatable bonds is 1. The number of phenols is 1. The van der Waals surface area contributed by atoms with Crippen molar-refractivity contribution in [1.29, 1.82) is 0 Å². The van der Waals surface area contributed by atoms with Crippen molar-refractivity contribution >= 4 is 0 Å². The maximum absolute atomic E-state index is 13.1. The van der Waals surface area contributed by atoms with E-state index >= 15 is 0 Å². The molecule has 0 fully saturated rings. The van der Waals surface area contributed by atoms with E-state index in [9.17, 15) is 9.50 Å². The number of hydrogen-bond donors (Lipinski definition) is 1. The molecule has 0 bridgehead atoms. The molecule has 0 radical (unpaired) electrons. The SMILES string of the molecule is Cc1ccncc1-c1cc(O)cc(F)c1. The van der Waals surface area contributed by atoms with Crippen LogP contribution >= 0.6 is 0 Å². The predicted octanol–water partition coefficient (Wildman–Crippen LogP) is 2.90. The van der Waals surface area contributed by atoms with Gasteiger partial charge in [-0.15, -0.1) is 0 Å². The zero-order valence-electron chi connectivity index (χ0n) is 8.24. The Morgan fingerprint density at radius 3 is 2.73 bits per heavy atom. The molecule has 1 aromatic carbocycles. The molecule has 0 saturated carbocycles. The van der Waals surface area contributed by atoms with Crippen LogP contribution in [0.4, 0.5) is 4.39 Å². The Hall–Kier alpha value is -1.90. The van der Waals surface area contributed by atoms with E-state index in [1.54, 1.807) is 12.4 Å². The average Bonchev–Trinajstić information content (AvgIpc) is 2.16. The molecule has 2 rings (SSSR count). The maximum atomic E-state index is 13.1. The molecule has 0 aliphatic heterocycles. The van der Waals surface area contributed by atoms with Gasteiger partial charge < -0.3 is 5.11 Å². The van der Waals surface area contributed by atoms with Crippen molar-refractivity contribution in [2.24, 2.45) is 0 Å². The summed E-state index contributed by atoms with van der Waals surface area (Å²) in [7, 11) is 0. The van der Waals surface area contributed by atoms with Crippen molar-refractivity contribution in [3.8, 4) is 16.9 Å². The summed E-state index contributed by atoms with van der Waals surface area (Å²) < 4.78 is 13.1. The minimum absolute atomic E-state index is 0.0757. The van der Waals surface area contributed by atoms with E-state index in [-0.39, 0.29) is 5.75 Å². The average molecular weight is 203 g/mol. The lowest BCUT2D eigenvalue weighted by Gasteiger charge is -2.05. The Kier molecular flexibility index (Phi) is 2.37. The molecule has 1 heterocycles. The fourth-order valence-corrected chi connectivity index (χ4v) is 1.50.